The van der Waals surface area contributed by atoms with Crippen molar-refractivity contribution < 1.29 is 17.9 Å². The summed E-state index contributed by atoms with van der Waals surface area (Å²) < 4.78 is 32.8. The number of rotatable bonds is 7. The van der Waals surface area contributed by atoms with E-state index in [2.05, 4.69) is 10.0 Å². The van der Waals surface area contributed by atoms with Crippen LogP contribution in [-0.2, 0) is 10.0 Å². The highest BCUT2D eigenvalue weighted by molar-refractivity contribution is 7.89. The highest BCUT2D eigenvalue weighted by Crippen LogP contribution is 2.28. The van der Waals surface area contributed by atoms with Crippen LogP contribution in [0.25, 0.3) is 0 Å². The molecule has 2 aromatic rings. The molecular weight excluding hydrogens is 360 g/mol. The van der Waals surface area contributed by atoms with Crippen molar-refractivity contribution in [2.24, 2.45) is 0 Å². The molecule has 1 aliphatic rings. The van der Waals surface area contributed by atoms with Crippen LogP contribution in [0.3, 0.4) is 0 Å². The molecule has 1 amide bonds. The fraction of sp³-hybridized carbons (Fsp3) is 0.353. The van der Waals surface area contributed by atoms with Crippen LogP contribution in [0, 0.1) is 0 Å². The molecule has 3 rings (SSSR count). The number of hydrogen-bond donors (Lipinski definition) is 2. The van der Waals surface area contributed by atoms with Gasteiger partial charge in [0, 0.05) is 16.5 Å². The smallest absolute Gasteiger partial charge is 0.251 e. The third-order valence-electron chi connectivity index (χ3n) is 3.93. The Morgan fingerprint density at radius 3 is 2.68 bits per heavy atom. The number of sulfonamides is 1. The summed E-state index contributed by atoms with van der Waals surface area (Å²) in [7, 11) is -2.31. The number of methoxy groups -OCH3 is 1. The zero-order chi connectivity index (χ0) is 18.0. The van der Waals surface area contributed by atoms with E-state index in [1.54, 1.807) is 17.4 Å². The van der Waals surface area contributed by atoms with E-state index in [0.29, 0.717) is 0 Å². The molecule has 134 valence electrons. The first-order valence-electron chi connectivity index (χ1n) is 7.95. The van der Waals surface area contributed by atoms with Gasteiger partial charge in [-0.2, -0.15) is 0 Å². The molecule has 1 aromatic heterocycles. The first-order chi connectivity index (χ1) is 11.9. The molecule has 0 radical (unpaired) electrons. The van der Waals surface area contributed by atoms with Gasteiger partial charge in [-0.3, -0.25) is 4.79 Å². The van der Waals surface area contributed by atoms with Crippen LogP contribution in [0.1, 0.15) is 41.0 Å². The minimum atomic E-state index is -3.72. The summed E-state index contributed by atoms with van der Waals surface area (Å²) in [4.78, 5) is 13.5. The van der Waals surface area contributed by atoms with Crippen LogP contribution in [0.15, 0.2) is 40.6 Å². The average Bonchev–Trinajstić information content (AvgIpc) is 3.21. The van der Waals surface area contributed by atoms with Crippen molar-refractivity contribution in [2.75, 3.05) is 7.11 Å². The molecule has 0 bridgehead atoms. The third-order valence-corrected chi connectivity index (χ3v) is 6.53. The van der Waals surface area contributed by atoms with Crippen molar-refractivity contribution in [3.8, 4) is 5.75 Å². The quantitative estimate of drug-likeness (QED) is 0.773. The number of ether oxygens (including phenoxy) is 1. The van der Waals surface area contributed by atoms with Crippen LogP contribution in [0.4, 0.5) is 0 Å². The molecule has 2 N–H and O–H groups in total. The first kappa shape index (κ1) is 17.9. The summed E-state index contributed by atoms with van der Waals surface area (Å²) in [5.74, 6) is -0.109. The van der Waals surface area contributed by atoms with Gasteiger partial charge >= 0.3 is 0 Å². The lowest BCUT2D eigenvalue weighted by Gasteiger charge is -2.14. The number of hydrogen-bond acceptors (Lipinski definition) is 5. The summed E-state index contributed by atoms with van der Waals surface area (Å²) in [6.07, 6.45) is 1.67. The van der Waals surface area contributed by atoms with Gasteiger partial charge in [0.15, 0.2) is 0 Å². The Labute approximate surface area is 151 Å². The van der Waals surface area contributed by atoms with Crippen molar-refractivity contribution in [3.63, 3.8) is 0 Å². The number of carbonyl (C=O) groups excluding carboxylic acids is 1. The van der Waals surface area contributed by atoms with Crippen LogP contribution in [0.2, 0.25) is 0 Å². The summed E-state index contributed by atoms with van der Waals surface area (Å²) in [5.41, 5.74) is 0.278. The molecule has 1 aliphatic carbocycles. The van der Waals surface area contributed by atoms with E-state index >= 15 is 0 Å². The second-order valence-corrected chi connectivity index (χ2v) is 8.63. The lowest BCUT2D eigenvalue weighted by atomic mass is 10.2. The normalized spacial score (nSPS) is 15.6. The second kappa shape index (κ2) is 7.15. The highest BCUT2D eigenvalue weighted by Gasteiger charge is 2.30. The number of thiophene rings is 1. The van der Waals surface area contributed by atoms with Gasteiger partial charge in [-0.05, 0) is 49.4 Å². The molecule has 6 nitrogen and oxygen atoms in total. The summed E-state index contributed by atoms with van der Waals surface area (Å²) in [5, 5.41) is 4.83. The number of amides is 1. The molecule has 0 saturated heterocycles. The number of nitrogens with one attached hydrogen (secondary N) is 2. The van der Waals surface area contributed by atoms with Crippen molar-refractivity contribution in [2.45, 2.75) is 36.7 Å². The van der Waals surface area contributed by atoms with E-state index in [9.17, 15) is 13.2 Å². The van der Waals surface area contributed by atoms with E-state index in [1.807, 2.05) is 24.4 Å². The van der Waals surface area contributed by atoms with Crippen LogP contribution < -0.4 is 14.8 Å². The summed E-state index contributed by atoms with van der Waals surface area (Å²) >= 11 is 1.55. The molecule has 1 heterocycles. The number of benzene rings is 1. The van der Waals surface area contributed by atoms with E-state index in [1.165, 1.54) is 19.2 Å². The molecule has 1 saturated carbocycles. The van der Waals surface area contributed by atoms with Gasteiger partial charge in [0.25, 0.3) is 5.91 Å². The first-order valence-corrected chi connectivity index (χ1v) is 10.3. The predicted octanol–water partition coefficient (Wildman–Crippen LogP) is 2.69. The van der Waals surface area contributed by atoms with Gasteiger partial charge in [-0.25, -0.2) is 13.1 Å². The van der Waals surface area contributed by atoms with Gasteiger partial charge in [0.1, 0.15) is 10.6 Å². The Bertz CT molecular complexity index is 859. The topological polar surface area (TPSA) is 84.5 Å². The molecule has 1 fully saturated rings. The lowest BCUT2D eigenvalue weighted by molar-refractivity contribution is 0.0940. The fourth-order valence-electron chi connectivity index (χ4n) is 2.40. The van der Waals surface area contributed by atoms with Gasteiger partial charge in [-0.1, -0.05) is 6.07 Å². The maximum atomic E-state index is 12.5. The minimum Gasteiger partial charge on any atom is -0.495 e. The molecule has 1 atom stereocenters. The molecule has 25 heavy (non-hydrogen) atoms. The Morgan fingerprint density at radius 2 is 2.08 bits per heavy atom. The maximum absolute atomic E-state index is 12.5. The zero-order valence-electron chi connectivity index (χ0n) is 14.0. The van der Waals surface area contributed by atoms with E-state index in [4.69, 9.17) is 4.74 Å². The fourth-order valence-corrected chi connectivity index (χ4v) is 4.64. The van der Waals surface area contributed by atoms with Crippen molar-refractivity contribution in [1.29, 1.82) is 0 Å². The van der Waals surface area contributed by atoms with E-state index in [-0.39, 0.29) is 34.2 Å². The van der Waals surface area contributed by atoms with Gasteiger partial charge in [0.2, 0.25) is 10.0 Å². The van der Waals surface area contributed by atoms with Crippen molar-refractivity contribution in [1.82, 2.24) is 10.0 Å². The van der Waals surface area contributed by atoms with Gasteiger partial charge < -0.3 is 10.1 Å². The van der Waals surface area contributed by atoms with Gasteiger partial charge in [-0.15, -0.1) is 11.3 Å². The highest BCUT2D eigenvalue weighted by atomic mass is 32.2. The molecule has 0 spiro atoms. The van der Waals surface area contributed by atoms with Crippen LogP contribution >= 0.6 is 11.3 Å². The predicted molar refractivity (Wildman–Crippen MR) is 96.5 cm³/mol. The number of carbonyl (C=O) groups is 1. The Morgan fingerprint density at radius 1 is 1.32 bits per heavy atom. The van der Waals surface area contributed by atoms with E-state index < -0.39 is 10.0 Å². The monoisotopic (exact) mass is 380 g/mol. The SMILES string of the molecule is COc1ccc(C(=O)NC(C)c2cccs2)cc1S(=O)(=O)NC1CC1. The minimum absolute atomic E-state index is 0.0154. The second-order valence-electron chi connectivity index (χ2n) is 5.97. The Balaban J connectivity index is 1.84. The van der Waals surface area contributed by atoms with E-state index in [0.717, 1.165) is 17.7 Å². The molecular formula is C17H20N2O4S2. The Kier molecular flexibility index (Phi) is 5.12. The third kappa shape index (κ3) is 4.20. The zero-order valence-corrected chi connectivity index (χ0v) is 15.6. The summed E-state index contributed by atoms with van der Waals surface area (Å²) in [6, 6.07) is 8.12. The van der Waals surface area contributed by atoms with Crippen molar-refractivity contribution in [3.05, 3.63) is 46.2 Å². The van der Waals surface area contributed by atoms with Crippen LogP contribution in [-0.4, -0.2) is 27.5 Å². The van der Waals surface area contributed by atoms with Crippen LogP contribution in [0.5, 0.6) is 5.75 Å². The Hall–Kier alpha value is -1.90. The average molecular weight is 380 g/mol. The van der Waals surface area contributed by atoms with Gasteiger partial charge in [0.05, 0.1) is 13.2 Å². The molecule has 0 aliphatic heterocycles. The lowest BCUT2D eigenvalue weighted by Crippen LogP contribution is -2.28. The molecule has 8 heteroatoms. The standard InChI is InChI=1S/C17H20N2O4S2/c1-11(15-4-3-9-24-15)18-17(20)12-5-8-14(23-2)16(10-12)25(21,22)19-13-6-7-13/h3-5,8-11,13,19H,6-7H2,1-2H3,(H,18,20). The largest absolute Gasteiger partial charge is 0.495 e. The summed E-state index contributed by atoms with van der Waals surface area (Å²) in [6.45, 7) is 1.89. The van der Waals surface area contributed by atoms with Crippen molar-refractivity contribution >= 4 is 27.3 Å². The maximum Gasteiger partial charge on any atom is 0.251 e. The molecule has 1 unspecified atom stereocenters. The molecule has 1 aromatic carbocycles.